The summed E-state index contributed by atoms with van der Waals surface area (Å²) in [5.41, 5.74) is 1.53. The van der Waals surface area contributed by atoms with Gasteiger partial charge in [0, 0.05) is 29.1 Å². The Balaban J connectivity index is 2.61. The molecular weight excluding hydrogens is 284 g/mol. The van der Waals surface area contributed by atoms with Gasteiger partial charge in [-0.05, 0) is 37.3 Å². The van der Waals surface area contributed by atoms with Gasteiger partial charge in [0.1, 0.15) is 0 Å². The van der Waals surface area contributed by atoms with Crippen LogP contribution in [0.3, 0.4) is 0 Å². The molecule has 2 amide bonds. The summed E-state index contributed by atoms with van der Waals surface area (Å²) in [6.45, 7) is 1.91. The molecule has 1 atom stereocenters. The number of halogens is 1. The van der Waals surface area contributed by atoms with E-state index in [2.05, 4.69) is 10.6 Å². The second-order valence-electron chi connectivity index (χ2n) is 4.18. The molecule has 0 aliphatic heterocycles. The van der Waals surface area contributed by atoms with E-state index in [0.717, 1.165) is 11.3 Å². The fourth-order valence-corrected chi connectivity index (χ4v) is 2.47. The Morgan fingerprint density at radius 1 is 1.53 bits per heavy atom. The van der Waals surface area contributed by atoms with Gasteiger partial charge in [0.2, 0.25) is 0 Å². The molecule has 0 spiro atoms. The van der Waals surface area contributed by atoms with Crippen LogP contribution in [0.4, 0.5) is 10.5 Å². The minimum atomic E-state index is -0.280. The minimum absolute atomic E-state index is 0.0421. The number of aliphatic hydroxyl groups excluding tert-OH is 1. The SMILES string of the molecule is CSC[C@H](CCO)NC(=O)Nc1cccc(Cl)c1C. The molecule has 0 aliphatic carbocycles. The first kappa shape index (κ1) is 16.1. The highest BCUT2D eigenvalue weighted by atomic mass is 35.5. The number of nitrogens with one attached hydrogen (secondary N) is 2. The number of benzene rings is 1. The van der Waals surface area contributed by atoms with Crippen LogP contribution in [0.25, 0.3) is 0 Å². The lowest BCUT2D eigenvalue weighted by atomic mass is 10.2. The van der Waals surface area contributed by atoms with Gasteiger partial charge < -0.3 is 15.7 Å². The van der Waals surface area contributed by atoms with Gasteiger partial charge in [0.25, 0.3) is 0 Å². The van der Waals surface area contributed by atoms with Crippen molar-refractivity contribution in [2.45, 2.75) is 19.4 Å². The Bertz CT molecular complexity index is 423. The molecule has 6 heteroatoms. The number of hydrogen-bond donors (Lipinski definition) is 3. The molecule has 106 valence electrons. The fourth-order valence-electron chi connectivity index (χ4n) is 1.64. The zero-order valence-electron chi connectivity index (χ0n) is 11.1. The minimum Gasteiger partial charge on any atom is -0.396 e. The maximum Gasteiger partial charge on any atom is 0.319 e. The number of aliphatic hydroxyl groups is 1. The fraction of sp³-hybridized carbons (Fsp3) is 0.462. The molecule has 1 aromatic carbocycles. The molecule has 0 heterocycles. The van der Waals surface area contributed by atoms with Crippen LogP contribution in [0.5, 0.6) is 0 Å². The maximum atomic E-state index is 11.9. The number of carbonyl (C=O) groups is 1. The van der Waals surface area contributed by atoms with Gasteiger partial charge in [-0.2, -0.15) is 11.8 Å². The van der Waals surface area contributed by atoms with Crippen molar-refractivity contribution in [3.8, 4) is 0 Å². The second kappa shape index (κ2) is 8.30. The van der Waals surface area contributed by atoms with Gasteiger partial charge in [-0.3, -0.25) is 0 Å². The van der Waals surface area contributed by atoms with E-state index in [1.807, 2.05) is 13.2 Å². The first-order valence-electron chi connectivity index (χ1n) is 6.01. The van der Waals surface area contributed by atoms with Crippen LogP contribution < -0.4 is 10.6 Å². The van der Waals surface area contributed by atoms with Crippen molar-refractivity contribution >= 4 is 35.1 Å². The molecule has 0 radical (unpaired) electrons. The summed E-state index contributed by atoms with van der Waals surface area (Å²) in [6, 6.07) is 5.05. The van der Waals surface area contributed by atoms with Crippen molar-refractivity contribution in [3.63, 3.8) is 0 Å². The number of hydrogen-bond acceptors (Lipinski definition) is 3. The highest BCUT2D eigenvalue weighted by Gasteiger charge is 2.12. The van der Waals surface area contributed by atoms with Crippen molar-refractivity contribution in [3.05, 3.63) is 28.8 Å². The highest BCUT2D eigenvalue weighted by Crippen LogP contribution is 2.22. The van der Waals surface area contributed by atoms with E-state index in [1.165, 1.54) is 0 Å². The number of amides is 2. The molecular formula is C13H19ClN2O2S. The summed E-state index contributed by atoms with van der Waals surface area (Å²) in [5.74, 6) is 0.766. The van der Waals surface area contributed by atoms with Crippen LogP contribution in [0.15, 0.2) is 18.2 Å². The van der Waals surface area contributed by atoms with Crippen LogP contribution in [-0.4, -0.2) is 35.8 Å². The van der Waals surface area contributed by atoms with Crippen LogP contribution in [0.2, 0.25) is 5.02 Å². The third-order valence-corrected chi connectivity index (χ3v) is 3.84. The Kier molecular flexibility index (Phi) is 7.05. The summed E-state index contributed by atoms with van der Waals surface area (Å²) in [5, 5.41) is 15.2. The molecule has 0 aromatic heterocycles. The van der Waals surface area contributed by atoms with Crippen LogP contribution in [0.1, 0.15) is 12.0 Å². The Morgan fingerprint density at radius 3 is 2.89 bits per heavy atom. The van der Waals surface area contributed by atoms with Gasteiger partial charge in [0.05, 0.1) is 0 Å². The van der Waals surface area contributed by atoms with Gasteiger partial charge in [-0.1, -0.05) is 17.7 Å². The zero-order chi connectivity index (χ0) is 14.3. The molecule has 0 saturated heterocycles. The van der Waals surface area contributed by atoms with E-state index in [1.54, 1.807) is 30.0 Å². The summed E-state index contributed by atoms with van der Waals surface area (Å²) >= 11 is 7.62. The number of anilines is 1. The zero-order valence-corrected chi connectivity index (χ0v) is 12.6. The lowest BCUT2D eigenvalue weighted by molar-refractivity contribution is 0.241. The molecule has 4 nitrogen and oxygen atoms in total. The van der Waals surface area contributed by atoms with Crippen LogP contribution in [0, 0.1) is 6.92 Å². The third-order valence-electron chi connectivity index (χ3n) is 2.70. The van der Waals surface area contributed by atoms with E-state index in [-0.39, 0.29) is 18.7 Å². The largest absolute Gasteiger partial charge is 0.396 e. The lowest BCUT2D eigenvalue weighted by Crippen LogP contribution is -2.40. The first-order valence-corrected chi connectivity index (χ1v) is 7.78. The Hall–Kier alpha value is -0.910. The predicted molar refractivity (Wildman–Crippen MR) is 82.2 cm³/mol. The maximum absolute atomic E-state index is 11.9. The smallest absolute Gasteiger partial charge is 0.319 e. The molecule has 0 fully saturated rings. The van der Waals surface area contributed by atoms with Crippen LogP contribution >= 0.6 is 23.4 Å². The first-order chi connectivity index (χ1) is 9.08. The number of carbonyl (C=O) groups excluding carboxylic acids is 1. The lowest BCUT2D eigenvalue weighted by Gasteiger charge is -2.18. The Labute approximate surface area is 122 Å². The Morgan fingerprint density at radius 2 is 2.26 bits per heavy atom. The van der Waals surface area contributed by atoms with E-state index < -0.39 is 0 Å². The normalized spacial score (nSPS) is 12.0. The number of thioether (sulfide) groups is 1. The van der Waals surface area contributed by atoms with Crippen LogP contribution in [-0.2, 0) is 0 Å². The van der Waals surface area contributed by atoms with Crippen molar-refractivity contribution in [1.29, 1.82) is 0 Å². The molecule has 1 aromatic rings. The summed E-state index contributed by atoms with van der Waals surface area (Å²) < 4.78 is 0. The average molecular weight is 303 g/mol. The van der Waals surface area contributed by atoms with Crippen molar-refractivity contribution < 1.29 is 9.90 Å². The van der Waals surface area contributed by atoms with Crippen molar-refractivity contribution in [1.82, 2.24) is 5.32 Å². The second-order valence-corrected chi connectivity index (χ2v) is 5.49. The molecule has 3 N–H and O–H groups in total. The van der Waals surface area contributed by atoms with E-state index in [4.69, 9.17) is 16.7 Å². The summed E-state index contributed by atoms with van der Waals surface area (Å²) in [7, 11) is 0. The van der Waals surface area contributed by atoms with Gasteiger partial charge in [0.15, 0.2) is 0 Å². The number of rotatable bonds is 6. The summed E-state index contributed by atoms with van der Waals surface area (Å²) in [4.78, 5) is 11.9. The van der Waals surface area contributed by atoms with Gasteiger partial charge in [-0.25, -0.2) is 4.79 Å². The number of urea groups is 1. The standard InChI is InChI=1S/C13H19ClN2O2S/c1-9-11(14)4-3-5-12(9)16-13(18)15-10(6-7-17)8-19-2/h3-5,10,17H,6-8H2,1-2H3,(H2,15,16,18)/t10-/m0/s1. The molecule has 0 unspecified atom stereocenters. The average Bonchev–Trinajstić information content (AvgIpc) is 2.35. The molecule has 0 saturated carbocycles. The molecule has 1 rings (SSSR count). The van der Waals surface area contributed by atoms with E-state index >= 15 is 0 Å². The summed E-state index contributed by atoms with van der Waals surface area (Å²) in [6.07, 6.45) is 2.51. The van der Waals surface area contributed by atoms with E-state index in [0.29, 0.717) is 17.1 Å². The highest BCUT2D eigenvalue weighted by molar-refractivity contribution is 7.98. The predicted octanol–water partition coefficient (Wildman–Crippen LogP) is 2.88. The molecule has 0 aliphatic rings. The quantitative estimate of drug-likeness (QED) is 0.757. The third kappa shape index (κ3) is 5.30. The van der Waals surface area contributed by atoms with Gasteiger partial charge in [-0.15, -0.1) is 0 Å². The molecule has 0 bridgehead atoms. The van der Waals surface area contributed by atoms with Gasteiger partial charge >= 0.3 is 6.03 Å². The van der Waals surface area contributed by atoms with E-state index in [9.17, 15) is 4.79 Å². The topological polar surface area (TPSA) is 61.4 Å². The van der Waals surface area contributed by atoms with Crippen molar-refractivity contribution in [2.75, 3.05) is 23.9 Å². The van der Waals surface area contributed by atoms with Crippen molar-refractivity contribution in [2.24, 2.45) is 0 Å². The molecule has 19 heavy (non-hydrogen) atoms. The monoisotopic (exact) mass is 302 g/mol.